The van der Waals surface area contributed by atoms with Gasteiger partial charge in [0.05, 0.1) is 5.60 Å². The van der Waals surface area contributed by atoms with E-state index in [0.717, 1.165) is 81.4 Å². The van der Waals surface area contributed by atoms with Crippen LogP contribution in [-0.2, 0) is 0 Å². The van der Waals surface area contributed by atoms with Crippen LogP contribution >= 0.6 is 0 Å². The quantitative estimate of drug-likeness (QED) is 0.908. The lowest BCUT2D eigenvalue weighted by Gasteiger charge is -2.42. The summed E-state index contributed by atoms with van der Waals surface area (Å²) in [5.41, 5.74) is 0.565. The number of nitrogens with zero attached hydrogens (tertiary/aromatic N) is 4. The van der Waals surface area contributed by atoms with Crippen LogP contribution in [0.4, 0.5) is 5.82 Å². The minimum atomic E-state index is -0.473. The molecule has 2 heterocycles. The molecule has 1 saturated carbocycles. The number of piperidine rings is 1. The first-order chi connectivity index (χ1) is 11.8. The molecule has 0 unspecified atom stereocenters. The van der Waals surface area contributed by atoms with E-state index >= 15 is 0 Å². The van der Waals surface area contributed by atoms with E-state index in [-0.39, 0.29) is 0 Å². The van der Waals surface area contributed by atoms with E-state index in [1.54, 1.807) is 0 Å². The Morgan fingerprint density at radius 3 is 2.40 bits per heavy atom. The van der Waals surface area contributed by atoms with E-state index in [4.69, 9.17) is 0 Å². The predicted molar refractivity (Wildman–Crippen MR) is 102 cm³/mol. The first-order valence-corrected chi connectivity index (χ1v) is 9.84. The third-order valence-corrected chi connectivity index (χ3v) is 6.11. The van der Waals surface area contributed by atoms with Gasteiger partial charge in [-0.2, -0.15) is 0 Å². The third-order valence-electron chi connectivity index (χ3n) is 6.11. The van der Waals surface area contributed by atoms with E-state index in [1.165, 1.54) is 0 Å². The van der Waals surface area contributed by atoms with E-state index in [2.05, 4.69) is 39.8 Å². The monoisotopic (exact) mass is 346 g/mol. The molecule has 3 rings (SSSR count). The summed E-state index contributed by atoms with van der Waals surface area (Å²) in [5, 5.41) is 10.9. The number of hydrogen-bond acceptors (Lipinski definition) is 5. The molecule has 0 amide bonds. The van der Waals surface area contributed by atoms with Crippen LogP contribution in [0.1, 0.15) is 57.0 Å². The van der Waals surface area contributed by atoms with Crippen molar-refractivity contribution in [3.8, 4) is 0 Å². The van der Waals surface area contributed by atoms with Gasteiger partial charge in [0.1, 0.15) is 11.6 Å². The van der Waals surface area contributed by atoms with E-state index < -0.39 is 5.60 Å². The van der Waals surface area contributed by atoms with Gasteiger partial charge in [0.15, 0.2) is 0 Å². The zero-order valence-electron chi connectivity index (χ0n) is 16.3. The minimum Gasteiger partial charge on any atom is -0.389 e. The maximum atomic E-state index is 10.9. The lowest BCUT2D eigenvalue weighted by Crippen LogP contribution is -2.50. The van der Waals surface area contributed by atoms with E-state index in [9.17, 15) is 5.11 Å². The van der Waals surface area contributed by atoms with Crippen molar-refractivity contribution in [1.29, 1.82) is 0 Å². The molecular weight excluding hydrogens is 312 g/mol. The maximum Gasteiger partial charge on any atom is 0.132 e. The zero-order chi connectivity index (χ0) is 18.0. The second-order valence-corrected chi connectivity index (χ2v) is 8.45. The van der Waals surface area contributed by atoms with Crippen LogP contribution in [0, 0.1) is 19.8 Å². The van der Waals surface area contributed by atoms with Crippen molar-refractivity contribution in [3.63, 3.8) is 0 Å². The summed E-state index contributed by atoms with van der Waals surface area (Å²) in [6.45, 7) is 9.17. The summed E-state index contributed by atoms with van der Waals surface area (Å²) < 4.78 is 0. The van der Waals surface area contributed by atoms with Crippen molar-refractivity contribution in [2.75, 3.05) is 31.6 Å². The Bertz CT molecular complexity index is 555. The minimum absolute atomic E-state index is 0.473. The van der Waals surface area contributed by atoms with Crippen LogP contribution in [0.25, 0.3) is 0 Å². The van der Waals surface area contributed by atoms with Crippen molar-refractivity contribution in [1.82, 2.24) is 14.9 Å². The summed E-state index contributed by atoms with van der Waals surface area (Å²) >= 11 is 0. The Hall–Kier alpha value is -1.20. The molecule has 2 aliphatic rings. The number of aromatic nitrogens is 2. The predicted octanol–water partition coefficient (Wildman–Crippen LogP) is 2.94. The van der Waals surface area contributed by atoms with Gasteiger partial charge >= 0.3 is 0 Å². The van der Waals surface area contributed by atoms with Gasteiger partial charge in [-0.1, -0.05) is 6.92 Å². The molecule has 1 saturated heterocycles. The van der Waals surface area contributed by atoms with Gasteiger partial charge in [0.2, 0.25) is 0 Å². The van der Waals surface area contributed by atoms with Gasteiger partial charge in [-0.3, -0.25) is 0 Å². The largest absolute Gasteiger partial charge is 0.389 e. The number of aryl methyl sites for hydroxylation is 2. The van der Waals surface area contributed by atoms with Crippen LogP contribution in [-0.4, -0.2) is 58.3 Å². The van der Waals surface area contributed by atoms with Gasteiger partial charge in [0, 0.05) is 37.4 Å². The molecule has 0 atom stereocenters. The van der Waals surface area contributed by atoms with Crippen LogP contribution in [0.2, 0.25) is 0 Å². The van der Waals surface area contributed by atoms with Crippen LogP contribution < -0.4 is 4.90 Å². The fourth-order valence-corrected chi connectivity index (χ4v) is 4.45. The topological polar surface area (TPSA) is 52.5 Å². The molecule has 140 valence electrons. The summed E-state index contributed by atoms with van der Waals surface area (Å²) in [6, 6.07) is 2.65. The molecular formula is C20H34N4O. The molecule has 5 heteroatoms. The number of anilines is 1. The molecule has 5 nitrogen and oxygen atoms in total. The van der Waals surface area contributed by atoms with Crippen molar-refractivity contribution in [2.45, 2.75) is 70.9 Å². The average molecular weight is 347 g/mol. The van der Waals surface area contributed by atoms with Crippen molar-refractivity contribution in [2.24, 2.45) is 5.92 Å². The Kier molecular flexibility index (Phi) is 5.64. The van der Waals surface area contributed by atoms with Gasteiger partial charge in [-0.05, 0) is 65.3 Å². The summed E-state index contributed by atoms with van der Waals surface area (Å²) in [4.78, 5) is 13.8. The third kappa shape index (κ3) is 4.70. The zero-order valence-corrected chi connectivity index (χ0v) is 16.3. The van der Waals surface area contributed by atoms with Gasteiger partial charge in [-0.15, -0.1) is 0 Å². The smallest absolute Gasteiger partial charge is 0.132 e. The van der Waals surface area contributed by atoms with Crippen LogP contribution in [0.15, 0.2) is 6.07 Å². The Labute approximate surface area is 152 Å². The molecule has 1 aromatic rings. The fourth-order valence-electron chi connectivity index (χ4n) is 4.45. The van der Waals surface area contributed by atoms with Gasteiger partial charge in [-0.25, -0.2) is 9.97 Å². The lowest BCUT2D eigenvalue weighted by molar-refractivity contribution is -0.0395. The lowest BCUT2D eigenvalue weighted by atomic mass is 9.79. The molecule has 0 radical (unpaired) electrons. The van der Waals surface area contributed by atoms with Crippen LogP contribution in [0.5, 0.6) is 0 Å². The molecule has 25 heavy (non-hydrogen) atoms. The molecule has 1 N–H and O–H groups in total. The number of aliphatic hydroxyl groups is 1. The Morgan fingerprint density at radius 1 is 1.16 bits per heavy atom. The molecule has 0 spiro atoms. The normalized spacial score (nSPS) is 28.6. The maximum absolute atomic E-state index is 10.9. The first kappa shape index (κ1) is 18.6. The molecule has 0 aromatic carbocycles. The molecule has 1 aliphatic carbocycles. The summed E-state index contributed by atoms with van der Waals surface area (Å²) in [7, 11) is 2.19. The SMILES string of the molecule is Cc1cc(N2CCC(N(C)CC3(O)CCC(C)CC3)CC2)nc(C)n1. The average Bonchev–Trinajstić information content (AvgIpc) is 2.57. The molecule has 1 aliphatic heterocycles. The van der Waals surface area contributed by atoms with Gasteiger partial charge in [0.25, 0.3) is 0 Å². The standard InChI is InChI=1S/C20H34N4O/c1-15-5-9-20(25,10-6-15)14-23(4)18-7-11-24(12-8-18)19-13-16(2)21-17(3)22-19/h13,15,18,25H,5-12,14H2,1-4H3. The number of rotatable bonds is 4. The van der Waals surface area contributed by atoms with Crippen LogP contribution in [0.3, 0.4) is 0 Å². The molecule has 0 bridgehead atoms. The molecule has 1 aromatic heterocycles. The van der Waals surface area contributed by atoms with Crippen molar-refractivity contribution in [3.05, 3.63) is 17.6 Å². The van der Waals surface area contributed by atoms with Crippen molar-refractivity contribution >= 4 is 5.82 Å². The number of hydrogen-bond donors (Lipinski definition) is 1. The van der Waals surface area contributed by atoms with Crippen molar-refractivity contribution < 1.29 is 5.11 Å². The highest BCUT2D eigenvalue weighted by molar-refractivity contribution is 5.40. The van der Waals surface area contributed by atoms with E-state index in [0.29, 0.717) is 6.04 Å². The first-order valence-electron chi connectivity index (χ1n) is 9.84. The summed E-state index contributed by atoms with van der Waals surface area (Å²) in [5.74, 6) is 2.68. The Balaban J connectivity index is 1.53. The second-order valence-electron chi connectivity index (χ2n) is 8.45. The summed E-state index contributed by atoms with van der Waals surface area (Å²) in [6.07, 6.45) is 6.49. The highest BCUT2D eigenvalue weighted by atomic mass is 16.3. The van der Waals surface area contributed by atoms with E-state index in [1.807, 2.05) is 13.8 Å². The van der Waals surface area contributed by atoms with Gasteiger partial charge < -0.3 is 14.9 Å². The highest BCUT2D eigenvalue weighted by Gasteiger charge is 2.35. The fraction of sp³-hybridized carbons (Fsp3) is 0.800. The number of likely N-dealkylation sites (N-methyl/N-ethyl adjacent to an activating group) is 1. The molecule has 2 fully saturated rings. The highest BCUT2D eigenvalue weighted by Crippen LogP contribution is 2.33. The Morgan fingerprint density at radius 2 is 1.80 bits per heavy atom. The second kappa shape index (κ2) is 7.58.